The fourth-order valence-electron chi connectivity index (χ4n) is 2.99. The zero-order chi connectivity index (χ0) is 18.4. The second kappa shape index (κ2) is 8.34. The van der Waals surface area contributed by atoms with Gasteiger partial charge in [0.2, 0.25) is 5.91 Å². The predicted octanol–water partition coefficient (Wildman–Crippen LogP) is 3.58. The third-order valence-electron chi connectivity index (χ3n) is 4.32. The molecule has 1 fully saturated rings. The van der Waals surface area contributed by atoms with Crippen LogP contribution in [0.15, 0.2) is 54.6 Å². The van der Waals surface area contributed by atoms with E-state index in [9.17, 15) is 9.59 Å². The second-order valence-electron chi connectivity index (χ2n) is 6.14. The number of para-hydroxylation sites is 1. The number of hydrogen-bond acceptors (Lipinski definition) is 3. The number of rotatable bonds is 5. The van der Waals surface area contributed by atoms with Crippen LogP contribution in [0.3, 0.4) is 0 Å². The molecule has 3 rings (SSSR count). The van der Waals surface area contributed by atoms with E-state index >= 15 is 0 Å². The number of carbonyl (C=O) groups is 2. The maximum absolute atomic E-state index is 12.5. The highest BCUT2D eigenvalue weighted by Gasteiger charge is 2.19. The Hall–Kier alpha value is -3.08. The Morgan fingerprint density at radius 1 is 1.08 bits per heavy atom. The van der Waals surface area contributed by atoms with Gasteiger partial charge in [-0.2, -0.15) is 0 Å². The molecule has 5 nitrogen and oxygen atoms in total. The average molecular weight is 350 g/mol. The maximum atomic E-state index is 12.5. The van der Waals surface area contributed by atoms with E-state index in [1.807, 2.05) is 29.2 Å². The first-order valence-corrected chi connectivity index (χ1v) is 8.69. The summed E-state index contributed by atoms with van der Waals surface area (Å²) in [7, 11) is 1.59. The monoisotopic (exact) mass is 350 g/mol. The summed E-state index contributed by atoms with van der Waals surface area (Å²) in [6.07, 6.45) is 5.26. The van der Waals surface area contributed by atoms with Crippen LogP contribution >= 0.6 is 0 Å². The summed E-state index contributed by atoms with van der Waals surface area (Å²) in [6.45, 7) is 1.61. The van der Waals surface area contributed by atoms with Gasteiger partial charge in [0.25, 0.3) is 5.91 Å². The van der Waals surface area contributed by atoms with Gasteiger partial charge in [-0.25, -0.2) is 0 Å². The Morgan fingerprint density at radius 3 is 2.62 bits per heavy atom. The van der Waals surface area contributed by atoms with Crippen LogP contribution in [0.5, 0.6) is 5.75 Å². The van der Waals surface area contributed by atoms with E-state index in [0.29, 0.717) is 17.0 Å². The smallest absolute Gasteiger partial charge is 0.253 e. The van der Waals surface area contributed by atoms with Crippen molar-refractivity contribution in [2.24, 2.45) is 0 Å². The fourth-order valence-corrected chi connectivity index (χ4v) is 2.99. The van der Waals surface area contributed by atoms with E-state index < -0.39 is 0 Å². The van der Waals surface area contributed by atoms with Crippen molar-refractivity contribution >= 4 is 23.6 Å². The fraction of sp³-hybridized carbons (Fsp3) is 0.238. The number of nitrogens with zero attached hydrogens (tertiary/aromatic N) is 1. The van der Waals surface area contributed by atoms with Gasteiger partial charge in [-0.15, -0.1) is 0 Å². The quantitative estimate of drug-likeness (QED) is 0.839. The van der Waals surface area contributed by atoms with Crippen molar-refractivity contribution in [1.29, 1.82) is 0 Å². The van der Waals surface area contributed by atoms with Gasteiger partial charge in [0, 0.05) is 36.0 Å². The molecule has 0 unspecified atom stereocenters. The lowest BCUT2D eigenvalue weighted by molar-refractivity contribution is -0.111. The molecule has 2 aromatic rings. The van der Waals surface area contributed by atoms with E-state index in [2.05, 4.69) is 5.32 Å². The average Bonchev–Trinajstić information content (AvgIpc) is 3.21. The largest absolute Gasteiger partial charge is 0.496 e. The number of carbonyl (C=O) groups excluding carboxylic acids is 2. The molecule has 1 saturated heterocycles. The molecule has 5 heteroatoms. The number of hydrogen-bond donors (Lipinski definition) is 1. The highest BCUT2D eigenvalue weighted by Crippen LogP contribution is 2.19. The van der Waals surface area contributed by atoms with Crippen molar-refractivity contribution in [3.05, 3.63) is 65.7 Å². The Labute approximate surface area is 153 Å². The number of benzene rings is 2. The first-order chi connectivity index (χ1) is 12.7. The van der Waals surface area contributed by atoms with E-state index in [4.69, 9.17) is 4.74 Å². The minimum absolute atomic E-state index is 0.0168. The normalized spacial score (nSPS) is 13.8. The van der Waals surface area contributed by atoms with Gasteiger partial charge >= 0.3 is 0 Å². The van der Waals surface area contributed by atoms with Crippen molar-refractivity contribution in [3.63, 3.8) is 0 Å². The lowest BCUT2D eigenvalue weighted by atomic mass is 10.1. The number of ether oxygens (including phenoxy) is 1. The van der Waals surface area contributed by atoms with Gasteiger partial charge in [-0.1, -0.05) is 24.3 Å². The van der Waals surface area contributed by atoms with Crippen LogP contribution in [0.25, 0.3) is 6.08 Å². The van der Waals surface area contributed by atoms with Crippen LogP contribution in [-0.2, 0) is 4.79 Å². The summed E-state index contributed by atoms with van der Waals surface area (Å²) in [4.78, 5) is 26.5. The molecule has 2 aromatic carbocycles. The Bertz CT molecular complexity index is 824. The van der Waals surface area contributed by atoms with E-state index in [1.165, 1.54) is 6.08 Å². The van der Waals surface area contributed by atoms with Crippen molar-refractivity contribution in [3.8, 4) is 5.75 Å². The summed E-state index contributed by atoms with van der Waals surface area (Å²) >= 11 is 0. The summed E-state index contributed by atoms with van der Waals surface area (Å²) in [5, 5.41) is 2.80. The third kappa shape index (κ3) is 4.30. The number of amides is 2. The molecular weight excluding hydrogens is 328 g/mol. The first-order valence-electron chi connectivity index (χ1n) is 8.69. The number of likely N-dealkylation sites (tertiary alicyclic amines) is 1. The van der Waals surface area contributed by atoms with Gasteiger partial charge in [0.05, 0.1) is 7.11 Å². The van der Waals surface area contributed by atoms with Gasteiger partial charge in [-0.05, 0) is 43.2 Å². The molecule has 2 amide bonds. The highest BCUT2D eigenvalue weighted by atomic mass is 16.5. The summed E-state index contributed by atoms with van der Waals surface area (Å²) in [5.41, 5.74) is 2.02. The van der Waals surface area contributed by atoms with Crippen LogP contribution in [-0.4, -0.2) is 36.9 Å². The van der Waals surface area contributed by atoms with Crippen LogP contribution in [0.4, 0.5) is 5.69 Å². The molecule has 0 spiro atoms. The molecule has 1 heterocycles. The SMILES string of the molecule is COc1ccccc1/C=C/C(=O)Nc1cccc(C(=O)N2CCCC2)c1. The minimum Gasteiger partial charge on any atom is -0.496 e. The maximum Gasteiger partial charge on any atom is 0.253 e. The molecule has 0 atom stereocenters. The van der Waals surface area contributed by atoms with Crippen molar-refractivity contribution in [2.75, 3.05) is 25.5 Å². The van der Waals surface area contributed by atoms with E-state index in [1.54, 1.807) is 37.5 Å². The van der Waals surface area contributed by atoms with Gasteiger partial charge in [0.15, 0.2) is 0 Å². The van der Waals surface area contributed by atoms with Crippen molar-refractivity contribution in [2.45, 2.75) is 12.8 Å². The second-order valence-corrected chi connectivity index (χ2v) is 6.14. The van der Waals surface area contributed by atoms with Crippen LogP contribution in [0.1, 0.15) is 28.8 Å². The lowest BCUT2D eigenvalue weighted by Gasteiger charge is -2.15. The number of anilines is 1. The zero-order valence-electron chi connectivity index (χ0n) is 14.8. The molecule has 1 N–H and O–H groups in total. The zero-order valence-corrected chi connectivity index (χ0v) is 14.8. The van der Waals surface area contributed by atoms with Gasteiger partial charge < -0.3 is 15.0 Å². The molecule has 1 aliphatic rings. The van der Waals surface area contributed by atoms with E-state index in [0.717, 1.165) is 31.5 Å². The van der Waals surface area contributed by atoms with Crippen molar-refractivity contribution in [1.82, 2.24) is 4.90 Å². The molecule has 1 aliphatic heterocycles. The highest BCUT2D eigenvalue weighted by molar-refractivity contribution is 6.03. The number of methoxy groups -OCH3 is 1. The molecule has 0 aliphatic carbocycles. The Morgan fingerprint density at radius 2 is 1.85 bits per heavy atom. The lowest BCUT2D eigenvalue weighted by Crippen LogP contribution is -2.27. The first kappa shape index (κ1) is 17.7. The summed E-state index contributed by atoms with van der Waals surface area (Å²) < 4.78 is 5.26. The van der Waals surface area contributed by atoms with Crippen LogP contribution < -0.4 is 10.1 Å². The summed E-state index contributed by atoms with van der Waals surface area (Å²) in [5.74, 6) is 0.458. The topological polar surface area (TPSA) is 58.6 Å². The van der Waals surface area contributed by atoms with Crippen LogP contribution in [0.2, 0.25) is 0 Å². The summed E-state index contributed by atoms with van der Waals surface area (Å²) in [6, 6.07) is 14.5. The number of nitrogens with one attached hydrogen (secondary N) is 1. The third-order valence-corrected chi connectivity index (χ3v) is 4.32. The molecule has 26 heavy (non-hydrogen) atoms. The molecule has 0 radical (unpaired) electrons. The Balaban J connectivity index is 1.66. The molecule has 0 saturated carbocycles. The predicted molar refractivity (Wildman–Crippen MR) is 102 cm³/mol. The van der Waals surface area contributed by atoms with Crippen LogP contribution in [0, 0.1) is 0 Å². The van der Waals surface area contributed by atoms with Gasteiger partial charge in [0.1, 0.15) is 5.75 Å². The molecule has 0 bridgehead atoms. The molecule has 0 aromatic heterocycles. The van der Waals surface area contributed by atoms with Crippen molar-refractivity contribution < 1.29 is 14.3 Å². The van der Waals surface area contributed by atoms with Gasteiger partial charge in [-0.3, -0.25) is 9.59 Å². The minimum atomic E-state index is -0.262. The Kier molecular flexibility index (Phi) is 5.69. The molecular formula is C21H22N2O3. The molecule has 134 valence electrons. The standard InChI is InChI=1S/C21H22N2O3/c1-26-19-10-3-2-7-16(19)11-12-20(24)22-18-9-6-8-17(15-18)21(25)23-13-4-5-14-23/h2-3,6-12,15H,4-5,13-14H2,1H3,(H,22,24)/b12-11+. The van der Waals surface area contributed by atoms with E-state index in [-0.39, 0.29) is 11.8 Å².